The van der Waals surface area contributed by atoms with Crippen molar-refractivity contribution in [2.75, 3.05) is 18.2 Å². The maximum absolute atomic E-state index is 12.5. The van der Waals surface area contributed by atoms with Gasteiger partial charge >= 0.3 is 0 Å². The summed E-state index contributed by atoms with van der Waals surface area (Å²) >= 11 is 7.31. The number of nitrogens with zero attached hydrogens (tertiary/aromatic N) is 4. The SMILES string of the molecule is COc1ccc(-n2c(SCC(=O)Nc3ccc(C#N)cc3)nnc2-c2ccc(Cl)cc2)cc1. The van der Waals surface area contributed by atoms with Crippen molar-refractivity contribution in [2.24, 2.45) is 0 Å². The normalized spacial score (nSPS) is 10.5. The lowest BCUT2D eigenvalue weighted by molar-refractivity contribution is -0.113. The van der Waals surface area contributed by atoms with Crippen molar-refractivity contribution < 1.29 is 9.53 Å². The molecule has 0 fully saturated rings. The van der Waals surface area contributed by atoms with Gasteiger partial charge in [0.2, 0.25) is 5.91 Å². The largest absolute Gasteiger partial charge is 0.497 e. The van der Waals surface area contributed by atoms with Crippen LogP contribution in [0.25, 0.3) is 17.1 Å². The number of carbonyl (C=O) groups excluding carboxylic acids is 1. The molecule has 33 heavy (non-hydrogen) atoms. The average Bonchev–Trinajstić information content (AvgIpc) is 3.27. The Kier molecular flexibility index (Phi) is 6.93. The van der Waals surface area contributed by atoms with E-state index in [1.54, 1.807) is 43.5 Å². The lowest BCUT2D eigenvalue weighted by Crippen LogP contribution is -2.14. The van der Waals surface area contributed by atoms with E-state index in [1.807, 2.05) is 41.0 Å². The van der Waals surface area contributed by atoms with E-state index in [1.165, 1.54) is 11.8 Å². The summed E-state index contributed by atoms with van der Waals surface area (Å²) < 4.78 is 7.16. The molecule has 1 heterocycles. The number of halogens is 1. The fraction of sp³-hybridized carbons (Fsp3) is 0.0833. The summed E-state index contributed by atoms with van der Waals surface area (Å²) in [4.78, 5) is 12.5. The first kappa shape index (κ1) is 22.4. The molecule has 0 saturated heterocycles. The van der Waals surface area contributed by atoms with E-state index in [4.69, 9.17) is 21.6 Å². The minimum absolute atomic E-state index is 0.134. The van der Waals surface area contributed by atoms with E-state index in [0.717, 1.165) is 17.0 Å². The Labute approximate surface area is 200 Å². The standard InChI is InChI=1S/C24H18ClN5O2S/c1-32-21-12-10-20(11-13-21)30-23(17-4-6-18(25)7-5-17)28-29-24(30)33-15-22(31)27-19-8-2-16(14-26)3-9-19/h2-13H,15H2,1H3,(H,27,31). The van der Waals surface area contributed by atoms with E-state index in [9.17, 15) is 4.79 Å². The van der Waals surface area contributed by atoms with Gasteiger partial charge in [-0.3, -0.25) is 9.36 Å². The number of anilines is 1. The van der Waals surface area contributed by atoms with Gasteiger partial charge < -0.3 is 10.1 Å². The van der Waals surface area contributed by atoms with Gasteiger partial charge in [-0.25, -0.2) is 0 Å². The molecule has 0 aliphatic rings. The van der Waals surface area contributed by atoms with Gasteiger partial charge in [-0.15, -0.1) is 10.2 Å². The van der Waals surface area contributed by atoms with Crippen molar-refractivity contribution in [3.63, 3.8) is 0 Å². The summed E-state index contributed by atoms with van der Waals surface area (Å²) in [7, 11) is 1.61. The maximum atomic E-state index is 12.5. The molecule has 0 bridgehead atoms. The maximum Gasteiger partial charge on any atom is 0.234 e. The van der Waals surface area contributed by atoms with Crippen LogP contribution >= 0.6 is 23.4 Å². The van der Waals surface area contributed by atoms with Gasteiger partial charge in [-0.1, -0.05) is 23.4 Å². The monoisotopic (exact) mass is 475 g/mol. The second kappa shape index (κ2) is 10.2. The molecule has 1 amide bonds. The minimum Gasteiger partial charge on any atom is -0.497 e. The third-order valence-electron chi connectivity index (χ3n) is 4.70. The molecular weight excluding hydrogens is 458 g/mol. The van der Waals surface area contributed by atoms with Crippen LogP contribution < -0.4 is 10.1 Å². The molecule has 0 atom stereocenters. The van der Waals surface area contributed by atoms with Crippen molar-refractivity contribution in [3.8, 4) is 28.9 Å². The van der Waals surface area contributed by atoms with Crippen molar-refractivity contribution >= 4 is 35.0 Å². The predicted octanol–water partition coefficient (Wildman–Crippen LogP) is 5.20. The Bertz CT molecular complexity index is 1300. The highest BCUT2D eigenvalue weighted by molar-refractivity contribution is 7.99. The zero-order chi connectivity index (χ0) is 23.2. The Morgan fingerprint density at radius 3 is 2.39 bits per heavy atom. The molecule has 4 aromatic rings. The average molecular weight is 476 g/mol. The summed E-state index contributed by atoms with van der Waals surface area (Å²) in [5.41, 5.74) is 2.83. The Balaban J connectivity index is 1.58. The number of methoxy groups -OCH3 is 1. The highest BCUT2D eigenvalue weighted by atomic mass is 35.5. The molecule has 7 nitrogen and oxygen atoms in total. The number of aromatic nitrogens is 3. The first-order valence-electron chi connectivity index (χ1n) is 9.86. The van der Waals surface area contributed by atoms with E-state index >= 15 is 0 Å². The summed E-state index contributed by atoms with van der Waals surface area (Å²) in [5, 5.41) is 21.6. The molecule has 3 aromatic carbocycles. The van der Waals surface area contributed by atoms with Crippen molar-refractivity contribution in [2.45, 2.75) is 5.16 Å². The molecule has 0 saturated carbocycles. The zero-order valence-corrected chi connectivity index (χ0v) is 19.1. The summed E-state index contributed by atoms with van der Waals surface area (Å²) in [6.45, 7) is 0. The van der Waals surface area contributed by atoms with Gasteiger partial charge in [0.25, 0.3) is 0 Å². The lowest BCUT2D eigenvalue weighted by atomic mass is 10.2. The van der Waals surface area contributed by atoms with Gasteiger partial charge in [0.15, 0.2) is 11.0 Å². The lowest BCUT2D eigenvalue weighted by Gasteiger charge is -2.11. The number of thioether (sulfide) groups is 1. The van der Waals surface area contributed by atoms with Crippen LogP contribution in [0.1, 0.15) is 5.56 Å². The molecule has 4 rings (SSSR count). The van der Waals surface area contributed by atoms with E-state index < -0.39 is 0 Å². The number of hydrogen-bond donors (Lipinski definition) is 1. The van der Waals surface area contributed by atoms with Crippen LogP contribution in [0.3, 0.4) is 0 Å². The first-order chi connectivity index (χ1) is 16.1. The van der Waals surface area contributed by atoms with Gasteiger partial charge in [0.1, 0.15) is 5.75 Å². The summed E-state index contributed by atoms with van der Waals surface area (Å²) in [6, 6.07) is 23.6. The van der Waals surface area contributed by atoms with Crippen molar-refractivity contribution in [1.82, 2.24) is 14.8 Å². The highest BCUT2D eigenvalue weighted by Crippen LogP contribution is 2.29. The van der Waals surface area contributed by atoms with Crippen molar-refractivity contribution in [1.29, 1.82) is 5.26 Å². The number of hydrogen-bond acceptors (Lipinski definition) is 6. The predicted molar refractivity (Wildman–Crippen MR) is 129 cm³/mol. The quantitative estimate of drug-likeness (QED) is 0.369. The van der Waals surface area contributed by atoms with Crippen LogP contribution in [0.15, 0.2) is 78.0 Å². The molecule has 0 unspecified atom stereocenters. The second-order valence-electron chi connectivity index (χ2n) is 6.87. The fourth-order valence-electron chi connectivity index (χ4n) is 3.07. The number of rotatable bonds is 7. The molecule has 9 heteroatoms. The number of nitriles is 1. The number of carbonyl (C=O) groups is 1. The van der Waals surface area contributed by atoms with Gasteiger partial charge in [0.05, 0.1) is 24.5 Å². The highest BCUT2D eigenvalue weighted by Gasteiger charge is 2.17. The molecule has 164 valence electrons. The Morgan fingerprint density at radius 1 is 1.06 bits per heavy atom. The first-order valence-corrected chi connectivity index (χ1v) is 11.2. The molecule has 0 aliphatic carbocycles. The van der Waals surface area contributed by atoms with E-state index in [-0.39, 0.29) is 11.7 Å². The zero-order valence-electron chi connectivity index (χ0n) is 17.5. The molecule has 1 N–H and O–H groups in total. The number of benzene rings is 3. The van der Waals surface area contributed by atoms with E-state index in [0.29, 0.717) is 27.3 Å². The van der Waals surface area contributed by atoms with Gasteiger partial charge in [-0.2, -0.15) is 5.26 Å². The van der Waals surface area contributed by atoms with Crippen LogP contribution in [0.5, 0.6) is 5.75 Å². The molecule has 1 aromatic heterocycles. The van der Waals surface area contributed by atoms with Crippen LogP contribution in [-0.2, 0) is 4.79 Å². The number of amides is 1. The molecular formula is C24H18ClN5O2S. The minimum atomic E-state index is -0.193. The third-order valence-corrected chi connectivity index (χ3v) is 5.88. The number of ether oxygens (including phenoxy) is 1. The smallest absolute Gasteiger partial charge is 0.234 e. The molecule has 0 spiro atoms. The second-order valence-corrected chi connectivity index (χ2v) is 8.25. The third kappa shape index (κ3) is 5.34. The van der Waals surface area contributed by atoms with Crippen LogP contribution in [0, 0.1) is 11.3 Å². The van der Waals surface area contributed by atoms with Crippen LogP contribution in [0.4, 0.5) is 5.69 Å². The molecule has 0 aliphatic heterocycles. The van der Waals surface area contributed by atoms with Gasteiger partial charge in [0, 0.05) is 22.0 Å². The van der Waals surface area contributed by atoms with Gasteiger partial charge in [-0.05, 0) is 72.8 Å². The topological polar surface area (TPSA) is 92.8 Å². The van der Waals surface area contributed by atoms with Crippen molar-refractivity contribution in [3.05, 3.63) is 83.4 Å². The van der Waals surface area contributed by atoms with E-state index in [2.05, 4.69) is 21.6 Å². The molecule has 0 radical (unpaired) electrons. The summed E-state index contributed by atoms with van der Waals surface area (Å²) in [5.74, 6) is 1.30. The summed E-state index contributed by atoms with van der Waals surface area (Å²) in [6.07, 6.45) is 0. The van der Waals surface area contributed by atoms with Crippen LogP contribution in [0.2, 0.25) is 5.02 Å². The number of nitrogens with one attached hydrogen (secondary N) is 1. The Morgan fingerprint density at radius 2 is 1.76 bits per heavy atom. The fourth-order valence-corrected chi connectivity index (χ4v) is 3.95. The van der Waals surface area contributed by atoms with Crippen LogP contribution in [-0.4, -0.2) is 33.5 Å². The Hall–Kier alpha value is -3.80.